The van der Waals surface area contributed by atoms with Gasteiger partial charge in [-0.15, -0.1) is 0 Å². The van der Waals surface area contributed by atoms with Gasteiger partial charge in [-0.05, 0) is 18.2 Å². The predicted octanol–water partition coefficient (Wildman–Crippen LogP) is 2.40. The van der Waals surface area contributed by atoms with Crippen molar-refractivity contribution < 1.29 is 18.8 Å². The molecular formula is C18H16N2O5. The SMILES string of the molecule is COc1ccc(C(=O)Cn2c(-c3ccccc3)noc2=O)cc1OC. The minimum atomic E-state index is -0.687. The fourth-order valence-corrected chi connectivity index (χ4v) is 2.45. The van der Waals surface area contributed by atoms with Crippen LogP contribution in [0.25, 0.3) is 11.4 Å². The fourth-order valence-electron chi connectivity index (χ4n) is 2.45. The van der Waals surface area contributed by atoms with Crippen molar-refractivity contribution in [3.8, 4) is 22.9 Å². The van der Waals surface area contributed by atoms with Crippen LogP contribution in [0, 0.1) is 0 Å². The highest BCUT2D eigenvalue weighted by Crippen LogP contribution is 2.28. The van der Waals surface area contributed by atoms with Crippen LogP contribution in [0.2, 0.25) is 0 Å². The molecular weight excluding hydrogens is 324 g/mol. The molecule has 7 heteroatoms. The lowest BCUT2D eigenvalue weighted by Crippen LogP contribution is -2.21. The number of benzene rings is 2. The maximum Gasteiger partial charge on any atom is 0.442 e. The van der Waals surface area contributed by atoms with Crippen molar-refractivity contribution in [1.29, 1.82) is 0 Å². The Morgan fingerprint density at radius 3 is 2.48 bits per heavy atom. The van der Waals surface area contributed by atoms with E-state index in [2.05, 4.69) is 5.16 Å². The summed E-state index contributed by atoms with van der Waals surface area (Å²) in [4.78, 5) is 24.5. The summed E-state index contributed by atoms with van der Waals surface area (Å²) < 4.78 is 16.3. The van der Waals surface area contributed by atoms with Gasteiger partial charge in [-0.25, -0.2) is 9.36 Å². The summed E-state index contributed by atoms with van der Waals surface area (Å²) in [7, 11) is 3.01. The van der Waals surface area contributed by atoms with Crippen LogP contribution in [-0.4, -0.2) is 29.7 Å². The molecule has 1 heterocycles. The van der Waals surface area contributed by atoms with Crippen LogP contribution in [-0.2, 0) is 6.54 Å². The third-order valence-corrected chi connectivity index (χ3v) is 3.73. The van der Waals surface area contributed by atoms with E-state index in [4.69, 9.17) is 14.0 Å². The largest absolute Gasteiger partial charge is 0.493 e. The molecule has 0 amide bonds. The number of hydrogen-bond donors (Lipinski definition) is 0. The van der Waals surface area contributed by atoms with E-state index in [9.17, 15) is 9.59 Å². The van der Waals surface area contributed by atoms with Gasteiger partial charge in [0.25, 0.3) is 0 Å². The van der Waals surface area contributed by atoms with Gasteiger partial charge >= 0.3 is 5.76 Å². The summed E-state index contributed by atoms with van der Waals surface area (Å²) in [6.45, 7) is -0.192. The normalized spacial score (nSPS) is 10.5. The van der Waals surface area contributed by atoms with Gasteiger partial charge in [0.15, 0.2) is 23.1 Å². The van der Waals surface area contributed by atoms with Gasteiger partial charge in [0, 0.05) is 11.1 Å². The molecule has 2 aromatic carbocycles. The molecule has 0 aliphatic heterocycles. The van der Waals surface area contributed by atoms with Gasteiger partial charge in [0.1, 0.15) is 0 Å². The highest BCUT2D eigenvalue weighted by Gasteiger charge is 2.18. The number of methoxy groups -OCH3 is 2. The Morgan fingerprint density at radius 1 is 1.08 bits per heavy atom. The van der Waals surface area contributed by atoms with Crippen LogP contribution in [0.5, 0.6) is 11.5 Å². The predicted molar refractivity (Wildman–Crippen MR) is 90.1 cm³/mol. The number of carbonyl (C=O) groups is 1. The molecule has 0 fully saturated rings. The first-order valence-electron chi connectivity index (χ1n) is 7.51. The van der Waals surface area contributed by atoms with Gasteiger partial charge in [-0.1, -0.05) is 35.5 Å². The molecule has 0 N–H and O–H groups in total. The lowest BCUT2D eigenvalue weighted by atomic mass is 10.1. The first-order valence-corrected chi connectivity index (χ1v) is 7.51. The van der Waals surface area contributed by atoms with Crippen LogP contribution in [0.3, 0.4) is 0 Å². The van der Waals surface area contributed by atoms with E-state index in [0.717, 1.165) is 0 Å². The zero-order valence-electron chi connectivity index (χ0n) is 13.8. The second-order valence-electron chi connectivity index (χ2n) is 5.22. The van der Waals surface area contributed by atoms with E-state index in [-0.39, 0.29) is 12.3 Å². The topological polar surface area (TPSA) is 83.6 Å². The van der Waals surface area contributed by atoms with E-state index in [1.807, 2.05) is 18.2 Å². The molecule has 0 saturated carbocycles. The third-order valence-electron chi connectivity index (χ3n) is 3.73. The average Bonchev–Trinajstić information content (AvgIpc) is 3.02. The molecule has 0 aliphatic rings. The zero-order valence-corrected chi connectivity index (χ0v) is 13.8. The number of ether oxygens (including phenoxy) is 2. The Bertz CT molecular complexity index is 944. The second kappa shape index (κ2) is 7.04. The molecule has 0 unspecified atom stereocenters. The van der Waals surface area contributed by atoms with Crippen molar-refractivity contribution in [1.82, 2.24) is 9.72 Å². The van der Waals surface area contributed by atoms with E-state index in [0.29, 0.717) is 28.5 Å². The highest BCUT2D eigenvalue weighted by atomic mass is 16.5. The summed E-state index contributed by atoms with van der Waals surface area (Å²) in [5, 5.41) is 3.77. The Kier molecular flexibility index (Phi) is 4.65. The lowest BCUT2D eigenvalue weighted by molar-refractivity contribution is 0.0969. The molecule has 128 valence electrons. The van der Waals surface area contributed by atoms with Crippen molar-refractivity contribution in [2.45, 2.75) is 6.54 Å². The number of Topliss-reactive ketones (excluding diaryl/α,β-unsaturated/α-hetero) is 1. The number of hydrogen-bond acceptors (Lipinski definition) is 6. The Hall–Kier alpha value is -3.35. The zero-order chi connectivity index (χ0) is 17.8. The third kappa shape index (κ3) is 3.30. The summed E-state index contributed by atoms with van der Waals surface area (Å²) in [5.41, 5.74) is 1.08. The number of nitrogens with zero attached hydrogens (tertiary/aromatic N) is 2. The van der Waals surface area contributed by atoms with Crippen LogP contribution >= 0.6 is 0 Å². The molecule has 0 saturated heterocycles. The summed E-state index contributed by atoms with van der Waals surface area (Å²) in [6, 6.07) is 13.9. The molecule has 25 heavy (non-hydrogen) atoms. The molecule has 3 aromatic rings. The van der Waals surface area contributed by atoms with Crippen molar-refractivity contribution in [2.75, 3.05) is 14.2 Å². The highest BCUT2D eigenvalue weighted by molar-refractivity contribution is 5.96. The number of carbonyl (C=O) groups excluding carboxylic acids is 1. The van der Waals surface area contributed by atoms with Crippen LogP contribution in [0.15, 0.2) is 57.8 Å². The minimum absolute atomic E-state index is 0.192. The van der Waals surface area contributed by atoms with Gasteiger partial charge in [-0.2, -0.15) is 0 Å². The molecule has 0 radical (unpaired) electrons. The lowest BCUT2D eigenvalue weighted by Gasteiger charge is -2.09. The summed E-state index contributed by atoms with van der Waals surface area (Å²) in [5.74, 6) is 0.302. The Morgan fingerprint density at radius 2 is 1.80 bits per heavy atom. The Labute approximate surface area is 143 Å². The van der Waals surface area contributed by atoms with Crippen molar-refractivity contribution in [2.24, 2.45) is 0 Å². The van der Waals surface area contributed by atoms with Gasteiger partial charge in [-0.3, -0.25) is 9.32 Å². The summed E-state index contributed by atoms with van der Waals surface area (Å²) in [6.07, 6.45) is 0. The van der Waals surface area contributed by atoms with Crippen molar-refractivity contribution in [3.05, 3.63) is 64.6 Å². The summed E-state index contributed by atoms with van der Waals surface area (Å²) >= 11 is 0. The van der Waals surface area contributed by atoms with Crippen molar-refractivity contribution >= 4 is 5.78 Å². The molecule has 1 aromatic heterocycles. The van der Waals surface area contributed by atoms with Crippen LogP contribution in [0.4, 0.5) is 0 Å². The minimum Gasteiger partial charge on any atom is -0.493 e. The average molecular weight is 340 g/mol. The molecule has 0 bridgehead atoms. The maximum absolute atomic E-state index is 12.6. The van der Waals surface area contributed by atoms with Crippen molar-refractivity contribution in [3.63, 3.8) is 0 Å². The first kappa shape index (κ1) is 16.5. The number of rotatable bonds is 6. The first-order chi connectivity index (χ1) is 12.1. The van der Waals surface area contributed by atoms with E-state index < -0.39 is 5.76 Å². The molecule has 0 spiro atoms. The molecule has 7 nitrogen and oxygen atoms in total. The van der Waals surface area contributed by atoms with E-state index >= 15 is 0 Å². The van der Waals surface area contributed by atoms with Gasteiger partial charge in [0.05, 0.1) is 20.8 Å². The molecule has 3 rings (SSSR count). The van der Waals surface area contributed by atoms with Crippen LogP contribution < -0.4 is 15.2 Å². The van der Waals surface area contributed by atoms with E-state index in [1.165, 1.54) is 18.8 Å². The smallest absolute Gasteiger partial charge is 0.442 e. The second-order valence-corrected chi connectivity index (χ2v) is 5.22. The van der Waals surface area contributed by atoms with Crippen LogP contribution in [0.1, 0.15) is 10.4 Å². The fraction of sp³-hybridized carbons (Fsp3) is 0.167. The maximum atomic E-state index is 12.6. The van der Waals surface area contributed by atoms with Gasteiger partial charge in [0.2, 0.25) is 0 Å². The standard InChI is InChI=1S/C18H16N2O5/c1-23-15-9-8-13(10-16(15)24-2)14(21)11-20-17(19-25-18(20)22)12-6-4-3-5-7-12/h3-10H,11H2,1-2H3. The molecule has 0 aliphatic carbocycles. The number of aromatic nitrogens is 2. The number of ketones is 1. The quantitative estimate of drug-likeness (QED) is 0.641. The van der Waals surface area contributed by atoms with E-state index in [1.54, 1.807) is 30.3 Å². The van der Waals surface area contributed by atoms with Gasteiger partial charge < -0.3 is 9.47 Å². The monoisotopic (exact) mass is 340 g/mol. The molecule has 0 atom stereocenters. The Balaban J connectivity index is 1.92.